The Morgan fingerprint density at radius 3 is 0.737 bits per heavy atom. The molecule has 0 saturated heterocycles. The molecule has 29 heteroatoms. The van der Waals surface area contributed by atoms with Gasteiger partial charge in [-0.15, -0.1) is 0 Å². The highest BCUT2D eigenvalue weighted by molar-refractivity contribution is 5.78. The topological polar surface area (TPSA) is 356 Å². The summed E-state index contributed by atoms with van der Waals surface area (Å²) in [5.74, 6) is -1.01. The first-order valence-corrected chi connectivity index (χ1v) is 43.3. The van der Waals surface area contributed by atoms with Crippen LogP contribution in [0, 0.1) is 50.7 Å². The van der Waals surface area contributed by atoms with E-state index < -0.39 is 5.41 Å². The van der Waals surface area contributed by atoms with Gasteiger partial charge in [0.2, 0.25) is 0 Å². The smallest absolute Gasteiger partial charge is 0.311 e. The molecule has 118 heavy (non-hydrogen) atoms. The zero-order valence-corrected chi connectivity index (χ0v) is 82.3. The minimum Gasteiger partial charge on any atom is -0.465 e. The van der Waals surface area contributed by atoms with Crippen molar-refractivity contribution < 1.29 is 106 Å². The van der Waals surface area contributed by atoms with E-state index in [9.17, 15) is 43.2 Å². The first kappa shape index (κ1) is 133. The van der Waals surface area contributed by atoms with Crippen molar-refractivity contribution >= 4 is 53.7 Å². The second-order valence-electron chi connectivity index (χ2n) is 33.0. The van der Waals surface area contributed by atoms with Crippen LogP contribution in [0.5, 0.6) is 0 Å². The summed E-state index contributed by atoms with van der Waals surface area (Å²) in [7, 11) is 21.5. The van der Waals surface area contributed by atoms with Crippen molar-refractivity contribution in [2.24, 2.45) is 50.7 Å². The first-order valence-electron chi connectivity index (χ1n) is 43.3. The molecule has 0 radical (unpaired) electrons. The van der Waals surface area contributed by atoms with Crippen LogP contribution in [0.3, 0.4) is 0 Å². The number of aliphatic hydroxyl groups excluding tert-OH is 3. The molecular formula is C89H187N7O22. The normalized spacial score (nSPS) is 12.2. The molecule has 0 heterocycles. The highest BCUT2D eigenvalue weighted by Crippen LogP contribution is 2.25. The minimum atomic E-state index is -0.421. The second kappa shape index (κ2) is 86.7. The Morgan fingerprint density at radius 1 is 0.280 bits per heavy atom. The van der Waals surface area contributed by atoms with Gasteiger partial charge < -0.3 is 98.2 Å². The van der Waals surface area contributed by atoms with Crippen molar-refractivity contribution in [2.45, 2.75) is 269 Å². The fourth-order valence-corrected chi connectivity index (χ4v) is 6.42. The van der Waals surface area contributed by atoms with Crippen LogP contribution in [0.15, 0.2) is 0 Å². The van der Waals surface area contributed by atoms with Crippen LogP contribution in [-0.2, 0) is 90.5 Å². The molecule has 5 unspecified atom stereocenters. The fraction of sp³-hybridized carbons (Fsp3) is 0.899. The molecule has 29 nitrogen and oxygen atoms in total. The third kappa shape index (κ3) is 91.5. The van der Waals surface area contributed by atoms with E-state index in [4.69, 9.17) is 58.0 Å². The summed E-state index contributed by atoms with van der Waals surface area (Å²) < 4.78 is 50.1. The van der Waals surface area contributed by atoms with Crippen LogP contribution in [-0.4, -0.2) is 304 Å². The average molecular weight is 1710 g/mol. The quantitative estimate of drug-likeness (QED) is 0.0187. The summed E-state index contributed by atoms with van der Waals surface area (Å²) in [6, 6.07) is 0. The van der Waals surface area contributed by atoms with Crippen molar-refractivity contribution in [1.82, 2.24) is 35.6 Å². The molecule has 0 bridgehead atoms. The van der Waals surface area contributed by atoms with Gasteiger partial charge in [-0.25, -0.2) is 0 Å². The van der Waals surface area contributed by atoms with Gasteiger partial charge in [0.05, 0.1) is 110 Å². The Balaban J connectivity index is -0.000000138. The van der Waals surface area contributed by atoms with Crippen LogP contribution in [0.2, 0.25) is 0 Å². The van der Waals surface area contributed by atoms with Crippen molar-refractivity contribution in [3.05, 3.63) is 0 Å². The SMILES string of the molecule is CCC(C)(C)C(=O)OCCCN(C)C.CCC(C)(C)C(=O)OCCCNC.CCC(C)(C)C(=O)OCCN(C)C.CCC(C)(C)C(=O)OCCNC.CCC(C)(C)C(=O)OCCO.CCC(C)C(=O)OCCCN(C)C.CCC(C)C(=O)OCCCNC.CCC(C)C(=O)OCCN(C)C.CCC(C)C(=O)OCCO.CCC(C)OCCO. The van der Waals surface area contributed by atoms with E-state index >= 15 is 0 Å². The first-order chi connectivity index (χ1) is 54.8. The summed E-state index contributed by atoms with van der Waals surface area (Å²) >= 11 is 0. The van der Waals surface area contributed by atoms with E-state index in [1.54, 1.807) is 6.92 Å². The highest BCUT2D eigenvalue weighted by Gasteiger charge is 2.30. The van der Waals surface area contributed by atoms with Crippen LogP contribution < -0.4 is 16.0 Å². The number of nitrogens with one attached hydrogen (secondary N) is 3. The summed E-state index contributed by atoms with van der Waals surface area (Å²) in [5, 5.41) is 33.9. The number of ether oxygens (including phenoxy) is 10. The number of hydrogen-bond donors (Lipinski definition) is 6. The number of carbonyl (C=O) groups is 9. The van der Waals surface area contributed by atoms with Gasteiger partial charge in [-0.05, 0) is 257 Å². The Labute approximate surface area is 721 Å². The van der Waals surface area contributed by atoms with E-state index in [1.165, 1.54) is 0 Å². The lowest BCUT2D eigenvalue weighted by Crippen LogP contribution is -2.28. The highest BCUT2D eigenvalue weighted by atomic mass is 16.6. The number of aliphatic hydroxyl groups is 3. The molecule has 0 amide bonds. The minimum absolute atomic E-state index is 0.0344. The molecule has 0 rings (SSSR count). The molecule has 0 aliphatic heterocycles. The lowest BCUT2D eigenvalue weighted by molar-refractivity contribution is -0.155. The number of nitrogens with zero attached hydrogens (tertiary/aromatic N) is 4. The van der Waals surface area contributed by atoms with Gasteiger partial charge in [-0.1, -0.05) is 96.9 Å². The summed E-state index contributed by atoms with van der Waals surface area (Å²) in [4.78, 5) is 109. The summed E-state index contributed by atoms with van der Waals surface area (Å²) in [5.41, 5.74) is -1.77. The number of hydrogen-bond acceptors (Lipinski definition) is 29. The molecule has 5 atom stereocenters. The van der Waals surface area contributed by atoms with Gasteiger partial charge >= 0.3 is 53.7 Å². The Bertz CT molecular complexity index is 2360. The van der Waals surface area contributed by atoms with Crippen molar-refractivity contribution in [3.8, 4) is 0 Å². The Morgan fingerprint density at radius 2 is 0.492 bits per heavy atom. The number of esters is 9. The van der Waals surface area contributed by atoms with Crippen LogP contribution in [0.1, 0.15) is 263 Å². The van der Waals surface area contributed by atoms with Crippen molar-refractivity contribution in [2.75, 3.05) is 209 Å². The van der Waals surface area contributed by atoms with Crippen LogP contribution >= 0.6 is 0 Å². The molecule has 0 aliphatic carbocycles. The lowest BCUT2D eigenvalue weighted by Gasteiger charge is -2.20. The van der Waals surface area contributed by atoms with E-state index in [0.29, 0.717) is 65.5 Å². The van der Waals surface area contributed by atoms with Gasteiger partial charge in [-0.2, -0.15) is 0 Å². The number of carbonyl (C=O) groups excluding carboxylic acids is 9. The third-order valence-electron chi connectivity index (χ3n) is 18.7. The maximum atomic E-state index is 11.5. The number of rotatable bonds is 51. The van der Waals surface area contributed by atoms with Gasteiger partial charge in [0.25, 0.3) is 0 Å². The van der Waals surface area contributed by atoms with Crippen LogP contribution in [0.4, 0.5) is 0 Å². The summed E-state index contributed by atoms with van der Waals surface area (Å²) in [6.45, 7) is 58.4. The molecule has 0 aromatic rings. The largest absolute Gasteiger partial charge is 0.465 e. The molecule has 710 valence electrons. The number of likely N-dealkylation sites (N-methyl/N-ethyl adjacent to an activating group) is 3. The molecule has 0 fully saturated rings. The zero-order valence-electron chi connectivity index (χ0n) is 82.3. The predicted molar refractivity (Wildman–Crippen MR) is 478 cm³/mol. The second-order valence-corrected chi connectivity index (χ2v) is 33.0. The van der Waals surface area contributed by atoms with E-state index in [-0.39, 0.29) is 132 Å². The van der Waals surface area contributed by atoms with Gasteiger partial charge in [0, 0.05) is 32.7 Å². The molecule has 0 saturated carbocycles. The fourth-order valence-electron chi connectivity index (χ4n) is 6.42. The van der Waals surface area contributed by atoms with E-state index in [0.717, 1.165) is 129 Å². The predicted octanol–water partition coefficient (Wildman–Crippen LogP) is 12.4. The summed E-state index contributed by atoms with van der Waals surface area (Å²) in [6.07, 6.45) is 12.2. The molecule has 6 N–H and O–H groups in total. The molecule has 0 aliphatic rings. The van der Waals surface area contributed by atoms with Gasteiger partial charge in [0.15, 0.2) is 0 Å². The monoisotopic (exact) mass is 1710 g/mol. The van der Waals surface area contributed by atoms with E-state index in [2.05, 4.69) is 37.4 Å². The maximum Gasteiger partial charge on any atom is 0.311 e. The standard InChI is InChI=1S/C11H23NO2.3C10H21NO2.3C9H19NO2.C8H16O3.C7H14O3.C6H14O2/c1-6-11(2,3)10(13)14-9-7-8-12(4)5;1-6-10(2,3)9(12)13-8-7-11(4)5;1-5-10(2,3)9(12)13-8-6-7-11-4;1-5-9(2)10(12)13-8-6-7-11(3)4;1-5-9(2,3)8(11)12-7-6-10-4;1-5-8(2)9(11)12-7-6-10(3)4;1-4-8(2)9(11)12-7-5-6-10-3;1-4-8(2,3)7(10)11-6-5-9;1-3-6(2)7(9)10-5-4-8;1-3-6(2)8-5-4-7/h6-9H2,1-5H3;6-8H2,1-5H3;11H,5-8H2,1-4H3;9H,5-8H2,1-4H3;10H,5-7H2,1-4H3;8H,5-7H2,1-4H3;8,10H,4-7H2,1-3H3;9H,4-6H2,1-3H3;6,8H,3-5H2,1-2H3;6-7H,3-5H2,1-2H3. The van der Waals surface area contributed by atoms with Crippen molar-refractivity contribution in [1.29, 1.82) is 0 Å². The lowest BCUT2D eigenvalue weighted by atomic mass is 9.91. The van der Waals surface area contributed by atoms with Gasteiger partial charge in [0.1, 0.15) is 33.0 Å². The molecular weight excluding hydrogens is 1520 g/mol. The molecule has 0 spiro atoms. The van der Waals surface area contributed by atoms with Crippen LogP contribution in [0.25, 0.3) is 0 Å². The van der Waals surface area contributed by atoms with Gasteiger partial charge in [-0.3, -0.25) is 43.2 Å². The molecule has 0 aromatic carbocycles. The third-order valence-corrected chi connectivity index (χ3v) is 18.7. The van der Waals surface area contributed by atoms with E-state index in [1.807, 2.05) is 247 Å². The molecule has 0 aromatic heterocycles. The average Bonchev–Trinajstić information content (AvgIpc) is 0.918. The van der Waals surface area contributed by atoms with Crippen molar-refractivity contribution in [3.63, 3.8) is 0 Å². The zero-order chi connectivity index (χ0) is 94.1. The Kier molecular flexibility index (Phi) is 98.0. The maximum absolute atomic E-state index is 11.5. The Hall–Kier alpha value is -5.21.